The van der Waals surface area contributed by atoms with Gasteiger partial charge in [-0.1, -0.05) is 24.6 Å². The summed E-state index contributed by atoms with van der Waals surface area (Å²) >= 11 is 1.75. The fourth-order valence-corrected chi connectivity index (χ4v) is 7.11. The summed E-state index contributed by atoms with van der Waals surface area (Å²) in [5.41, 5.74) is -0.857. The normalized spacial score (nSPS) is 45.4. The van der Waals surface area contributed by atoms with Gasteiger partial charge in [0.1, 0.15) is 5.67 Å². The summed E-state index contributed by atoms with van der Waals surface area (Å²) in [6.45, 7) is 4.49. The maximum Gasteiger partial charge on any atom is 0.178 e. The van der Waals surface area contributed by atoms with E-state index in [1.165, 1.54) is 4.91 Å². The minimum Gasteiger partial charge on any atom is -0.396 e. The number of alkyl halides is 1. The Labute approximate surface area is 153 Å². The van der Waals surface area contributed by atoms with E-state index < -0.39 is 11.1 Å². The Morgan fingerprint density at radius 1 is 1.32 bits per heavy atom. The molecule has 0 aromatic carbocycles. The number of halogens is 1. The van der Waals surface area contributed by atoms with Gasteiger partial charge < -0.3 is 5.11 Å². The maximum absolute atomic E-state index is 16.6. The van der Waals surface area contributed by atoms with Crippen LogP contribution in [0.2, 0.25) is 0 Å². The summed E-state index contributed by atoms with van der Waals surface area (Å²) in [6, 6.07) is 0. The Hall–Kier alpha value is -0.870. The lowest BCUT2D eigenvalue weighted by molar-refractivity contribution is -0.117. The number of aliphatic hydroxyl groups is 1. The second kappa shape index (κ2) is 5.82. The molecule has 0 aliphatic heterocycles. The third-order valence-corrected chi connectivity index (χ3v) is 8.85. The van der Waals surface area contributed by atoms with Crippen molar-refractivity contribution >= 4 is 17.5 Å². The Balaban J connectivity index is 1.67. The minimum absolute atomic E-state index is 0.000366. The van der Waals surface area contributed by atoms with E-state index in [1.807, 2.05) is 13.0 Å². The number of carbonyl (C=O) groups is 1. The molecule has 2 nitrogen and oxygen atoms in total. The van der Waals surface area contributed by atoms with Crippen LogP contribution in [0.3, 0.4) is 0 Å². The van der Waals surface area contributed by atoms with Crippen LogP contribution in [0.25, 0.3) is 0 Å². The van der Waals surface area contributed by atoms with E-state index in [9.17, 15) is 9.90 Å². The van der Waals surface area contributed by atoms with Crippen molar-refractivity contribution < 1.29 is 14.3 Å². The zero-order valence-corrected chi connectivity index (χ0v) is 15.9. The smallest absolute Gasteiger partial charge is 0.178 e. The molecule has 4 aliphatic carbocycles. The number of ketones is 1. The van der Waals surface area contributed by atoms with Gasteiger partial charge in [0.15, 0.2) is 5.78 Å². The molecule has 0 saturated heterocycles. The summed E-state index contributed by atoms with van der Waals surface area (Å²) in [6.07, 6.45) is 11.4. The van der Waals surface area contributed by atoms with Crippen LogP contribution in [0.15, 0.2) is 34.8 Å². The molecule has 0 aromatic heterocycles. The molecule has 136 valence electrons. The van der Waals surface area contributed by atoms with Gasteiger partial charge >= 0.3 is 0 Å². The van der Waals surface area contributed by atoms with Gasteiger partial charge in [-0.05, 0) is 67.9 Å². The molecule has 4 rings (SSSR count). The molecule has 4 aliphatic rings. The maximum atomic E-state index is 16.6. The first kappa shape index (κ1) is 17.5. The van der Waals surface area contributed by atoms with Crippen molar-refractivity contribution in [2.24, 2.45) is 22.7 Å². The number of rotatable bonds is 3. The second-order valence-electron chi connectivity index (χ2n) is 8.52. The molecule has 0 heterocycles. The molecule has 2 fully saturated rings. The highest BCUT2D eigenvalue weighted by Crippen LogP contribution is 2.68. The fraction of sp³-hybridized carbons (Fsp3) is 0.667. The molecule has 5 atom stereocenters. The predicted molar refractivity (Wildman–Crippen MR) is 100.0 cm³/mol. The Kier molecular flexibility index (Phi) is 4.08. The molecule has 2 saturated carbocycles. The number of hydrogen-bond donors (Lipinski definition) is 1. The quantitative estimate of drug-likeness (QED) is 0.797. The number of aliphatic hydroxyl groups excluding tert-OH is 1. The van der Waals surface area contributed by atoms with Crippen molar-refractivity contribution in [3.8, 4) is 0 Å². The standard InChI is InChI=1S/C21H27FO2S/c1-19-9-10-21(22)17(16(19)5-6-18(19)25-12-11-23)4-3-14-13-15(24)7-8-20(14,21)2/h6-8,13,16-17,23H,3-5,9-12H2,1-2H3/t16-,17-,19-,20-,21?/m0/s1. The van der Waals surface area contributed by atoms with E-state index in [4.69, 9.17) is 0 Å². The van der Waals surface area contributed by atoms with Crippen molar-refractivity contribution in [2.45, 2.75) is 51.6 Å². The van der Waals surface area contributed by atoms with Gasteiger partial charge in [0.25, 0.3) is 0 Å². The summed E-state index contributed by atoms with van der Waals surface area (Å²) in [5.74, 6) is 1.08. The van der Waals surface area contributed by atoms with Crippen LogP contribution >= 0.6 is 11.8 Å². The first-order valence-electron chi connectivity index (χ1n) is 9.42. The lowest BCUT2D eigenvalue weighted by atomic mass is 9.47. The molecule has 0 spiro atoms. The zero-order chi connectivity index (χ0) is 17.9. The Bertz CT molecular complexity index is 696. The van der Waals surface area contributed by atoms with E-state index in [-0.39, 0.29) is 23.7 Å². The Morgan fingerprint density at radius 3 is 2.88 bits per heavy atom. The predicted octanol–water partition coefficient (Wildman–Crippen LogP) is 4.61. The van der Waals surface area contributed by atoms with E-state index in [0.29, 0.717) is 12.3 Å². The molecule has 0 aromatic rings. The number of thioether (sulfide) groups is 1. The summed E-state index contributed by atoms with van der Waals surface area (Å²) < 4.78 is 16.6. The third-order valence-electron chi connectivity index (χ3n) is 7.52. The first-order valence-corrected chi connectivity index (χ1v) is 10.4. The van der Waals surface area contributed by atoms with Gasteiger partial charge in [-0.25, -0.2) is 4.39 Å². The molecule has 25 heavy (non-hydrogen) atoms. The van der Waals surface area contributed by atoms with Crippen LogP contribution in [0.5, 0.6) is 0 Å². The topological polar surface area (TPSA) is 37.3 Å². The Morgan fingerprint density at radius 2 is 2.12 bits per heavy atom. The van der Waals surface area contributed by atoms with Crippen molar-refractivity contribution in [3.63, 3.8) is 0 Å². The molecular formula is C21H27FO2S. The van der Waals surface area contributed by atoms with Crippen molar-refractivity contribution in [1.29, 1.82) is 0 Å². The molecule has 0 radical (unpaired) electrons. The van der Waals surface area contributed by atoms with E-state index in [0.717, 1.165) is 37.0 Å². The highest BCUT2D eigenvalue weighted by Gasteiger charge is 2.65. The van der Waals surface area contributed by atoms with Gasteiger partial charge in [-0.15, -0.1) is 11.8 Å². The number of hydrogen-bond acceptors (Lipinski definition) is 3. The van der Waals surface area contributed by atoms with Gasteiger partial charge in [0.2, 0.25) is 0 Å². The minimum atomic E-state index is -1.26. The fourth-order valence-electron chi connectivity index (χ4n) is 6.00. The summed E-state index contributed by atoms with van der Waals surface area (Å²) in [4.78, 5) is 13.1. The molecule has 1 unspecified atom stereocenters. The van der Waals surface area contributed by atoms with Crippen LogP contribution in [0, 0.1) is 22.7 Å². The number of allylic oxidation sites excluding steroid dienone is 6. The molecule has 4 heteroatoms. The van der Waals surface area contributed by atoms with Crippen molar-refractivity contribution in [2.75, 3.05) is 12.4 Å². The number of fused-ring (bicyclic) bond motifs is 5. The number of carbonyl (C=O) groups excluding carboxylic acids is 1. The van der Waals surface area contributed by atoms with Gasteiger partial charge in [0, 0.05) is 16.6 Å². The van der Waals surface area contributed by atoms with Gasteiger partial charge in [-0.2, -0.15) is 0 Å². The van der Waals surface area contributed by atoms with E-state index >= 15 is 4.39 Å². The van der Waals surface area contributed by atoms with Gasteiger partial charge in [0.05, 0.1) is 6.61 Å². The van der Waals surface area contributed by atoms with Crippen LogP contribution in [-0.4, -0.2) is 28.9 Å². The zero-order valence-electron chi connectivity index (χ0n) is 15.1. The molecule has 0 amide bonds. The van der Waals surface area contributed by atoms with Gasteiger partial charge in [-0.3, -0.25) is 4.79 Å². The van der Waals surface area contributed by atoms with Crippen molar-refractivity contribution in [1.82, 2.24) is 0 Å². The second-order valence-corrected chi connectivity index (χ2v) is 9.65. The monoisotopic (exact) mass is 362 g/mol. The third kappa shape index (κ3) is 2.29. The van der Waals surface area contributed by atoms with Crippen LogP contribution < -0.4 is 0 Å². The highest BCUT2D eigenvalue weighted by atomic mass is 32.2. The van der Waals surface area contributed by atoms with E-state index in [1.54, 1.807) is 23.9 Å². The largest absolute Gasteiger partial charge is 0.396 e. The molecule has 1 N–H and O–H groups in total. The average Bonchev–Trinajstić information content (AvgIpc) is 2.91. The molecular weight excluding hydrogens is 335 g/mol. The van der Waals surface area contributed by atoms with Crippen molar-refractivity contribution in [3.05, 3.63) is 34.8 Å². The van der Waals surface area contributed by atoms with Crippen LogP contribution in [0.4, 0.5) is 4.39 Å². The first-order chi connectivity index (χ1) is 11.8. The van der Waals surface area contributed by atoms with Crippen LogP contribution in [0.1, 0.15) is 46.0 Å². The lowest BCUT2D eigenvalue weighted by Crippen LogP contribution is -2.59. The van der Waals surface area contributed by atoms with Crippen LogP contribution in [-0.2, 0) is 4.79 Å². The summed E-state index contributed by atoms with van der Waals surface area (Å²) in [7, 11) is 0. The SMILES string of the molecule is C[C@]12C=CC(=O)C=C1CC[C@H]1[C@@H]3CC=C(SCCO)[C@@]3(C)CCC12F. The highest BCUT2D eigenvalue weighted by molar-refractivity contribution is 8.03. The van der Waals surface area contributed by atoms with E-state index in [2.05, 4.69) is 13.0 Å². The lowest BCUT2D eigenvalue weighted by Gasteiger charge is -2.60. The average molecular weight is 363 g/mol. The molecule has 0 bridgehead atoms. The summed E-state index contributed by atoms with van der Waals surface area (Å²) in [5, 5.41) is 9.17.